The molecular weight excluding hydrogens is 1120 g/mol. The number of amides is 1. The number of anilines is 1. The number of aliphatic carboxylic acids is 1. The Labute approximate surface area is 462 Å². The number of aromatic nitrogens is 6. The molecule has 3 aliphatic carbocycles. The van der Waals surface area contributed by atoms with Crippen LogP contribution in [0.5, 0.6) is 5.88 Å². The van der Waals surface area contributed by atoms with Gasteiger partial charge < -0.3 is 30.9 Å². The first-order chi connectivity index (χ1) is 38.4. The van der Waals surface area contributed by atoms with Gasteiger partial charge in [-0.25, -0.2) is 64.7 Å². The minimum atomic E-state index is -3.36. The van der Waals surface area contributed by atoms with E-state index < -0.39 is 47.4 Å². The number of pyridine rings is 1. The van der Waals surface area contributed by atoms with Crippen LogP contribution in [-0.2, 0) is 71.5 Å². The molecule has 3 fully saturated rings. The fraction of sp³-hybridized carbons (Fsp3) is 0.255. The maximum absolute atomic E-state index is 13.2. The molecule has 3 aliphatic rings. The number of benzene rings is 3. The first-order valence-corrected chi connectivity index (χ1v) is 29.5. The summed E-state index contributed by atoms with van der Waals surface area (Å²) in [6.45, 7) is -0.137. The Balaban J connectivity index is 0.000000184. The third kappa shape index (κ3) is 14.5. The first kappa shape index (κ1) is 57.5. The van der Waals surface area contributed by atoms with Crippen molar-refractivity contribution in [1.82, 2.24) is 29.9 Å². The summed E-state index contributed by atoms with van der Waals surface area (Å²) >= 11 is 1.18. The van der Waals surface area contributed by atoms with Gasteiger partial charge in [-0.1, -0.05) is 63.2 Å². The summed E-state index contributed by atoms with van der Waals surface area (Å²) in [6, 6.07) is 24.0. The number of carboxylic acid groups (broad SMARTS) is 1. The normalized spacial score (nSPS) is 14.8. The fourth-order valence-electron chi connectivity index (χ4n) is 7.12. The Morgan fingerprint density at radius 1 is 0.600 bits per heavy atom. The minimum Gasteiger partial charge on any atom is -1.00 e. The van der Waals surface area contributed by atoms with Crippen molar-refractivity contribution >= 4 is 91.3 Å². The van der Waals surface area contributed by atoms with Crippen molar-refractivity contribution in [3.8, 4) is 5.88 Å². The predicted octanol–water partition coefficient (Wildman–Crippen LogP) is 5.49. The topological polar surface area (TPSA) is 357 Å². The number of thiazole rings is 1. The van der Waals surface area contributed by atoms with Crippen LogP contribution in [0.3, 0.4) is 0 Å². The van der Waals surface area contributed by atoms with E-state index in [1.54, 1.807) is 36.7 Å². The van der Waals surface area contributed by atoms with Gasteiger partial charge in [0, 0.05) is 47.5 Å². The van der Waals surface area contributed by atoms with Gasteiger partial charge in [-0.2, -0.15) is 0 Å². The van der Waals surface area contributed by atoms with E-state index in [2.05, 4.69) is 55.4 Å². The molecule has 25 nitrogen and oxygen atoms in total. The van der Waals surface area contributed by atoms with Crippen LogP contribution in [0.25, 0.3) is 10.3 Å². The third-order valence-electron chi connectivity index (χ3n) is 11.8. The molecule has 0 radical (unpaired) electrons. The number of fused-ring (bicyclic) bond motifs is 1. The van der Waals surface area contributed by atoms with E-state index in [-0.39, 0.29) is 67.8 Å². The van der Waals surface area contributed by atoms with Crippen LogP contribution >= 0.6 is 11.3 Å². The summed E-state index contributed by atoms with van der Waals surface area (Å²) in [5, 5.41) is 30.7. The summed E-state index contributed by atoms with van der Waals surface area (Å²) in [5.41, 5.74) is 0.856. The Hall–Kier alpha value is -8.67. The number of esters is 1. The van der Waals surface area contributed by atoms with Gasteiger partial charge in [0.15, 0.2) is 76.6 Å². The number of ether oxygens (including phenoxy) is 2. The lowest BCUT2D eigenvalue weighted by Gasteiger charge is -2.08. The molecule has 0 atom stereocenters. The molecule has 4 aromatic heterocycles. The van der Waals surface area contributed by atoms with Gasteiger partial charge in [-0.05, 0) is 93.1 Å². The highest BCUT2D eigenvalue weighted by Crippen LogP contribution is 2.36. The first-order valence-electron chi connectivity index (χ1n) is 24.0. The van der Waals surface area contributed by atoms with Crippen LogP contribution < -0.4 is 10.1 Å². The quantitative estimate of drug-likeness (QED) is 0.0367. The highest BCUT2D eigenvalue weighted by Gasteiger charge is 2.39. The predicted molar refractivity (Wildman–Crippen MR) is 288 cm³/mol. The average molecular weight is 1170 g/mol. The molecule has 10 rings (SSSR count). The number of methoxy groups -OCH3 is 2. The fourth-order valence-corrected chi connectivity index (χ4v) is 12.9. The number of nitrogens with one attached hydrogen (secondary N) is 1. The lowest BCUT2D eigenvalue weighted by atomic mass is 10.1. The Kier molecular flexibility index (Phi) is 18.3. The second-order valence-corrected chi connectivity index (χ2v) is 25.1. The van der Waals surface area contributed by atoms with E-state index in [0.29, 0.717) is 82.7 Å². The highest BCUT2D eigenvalue weighted by molar-refractivity contribution is 7.93. The van der Waals surface area contributed by atoms with Gasteiger partial charge in [0.05, 0.1) is 44.7 Å². The Morgan fingerprint density at radius 3 is 1.40 bits per heavy atom. The zero-order chi connectivity index (χ0) is 57.0. The molecule has 3 saturated carbocycles. The van der Waals surface area contributed by atoms with Crippen molar-refractivity contribution in [3.05, 3.63) is 150 Å². The lowest BCUT2D eigenvalue weighted by Crippen LogP contribution is -2.24. The molecule has 0 spiro atoms. The number of carbonyl (C=O) groups is 3. The number of sulfone groups is 3. The number of hydrogen-bond donors (Lipinski definition) is 3. The van der Waals surface area contributed by atoms with Crippen LogP contribution in [0.4, 0.5) is 5.13 Å². The number of carboxylic acids is 1. The molecule has 29 heteroatoms. The number of hydrogen-bond acceptors (Lipinski definition) is 24. The maximum atomic E-state index is 13.2. The summed E-state index contributed by atoms with van der Waals surface area (Å²) in [4.78, 5) is 72.2. The van der Waals surface area contributed by atoms with Crippen LogP contribution in [0.2, 0.25) is 0 Å². The minimum absolute atomic E-state index is 0. The van der Waals surface area contributed by atoms with Crippen molar-refractivity contribution in [2.75, 3.05) is 19.5 Å². The largest absolute Gasteiger partial charge is 1.00 e. The molecule has 0 aliphatic heterocycles. The SMILES string of the molecule is COC(=O)/C(=N/O)c1ccc(S(=O)(=O)C2CC2)cc1.COc1ccc2nc(NC(=O)/C(=N/OCc3ncccn3)c3ccc(S(=O)(=O)C4CC4)cc3)sc2n1.O=C(O)/C(=N/OCc1ncccn1)c1ccc(S(=O)(=O)C2CC2)cc1.[2H-]. The summed E-state index contributed by atoms with van der Waals surface area (Å²) < 4.78 is 82.9. The highest BCUT2D eigenvalue weighted by atomic mass is 32.2. The van der Waals surface area contributed by atoms with Gasteiger partial charge >= 0.3 is 11.9 Å². The number of rotatable bonds is 20. The molecule has 4 heterocycles. The zero-order valence-electron chi connectivity index (χ0n) is 43.3. The van der Waals surface area contributed by atoms with Crippen molar-refractivity contribution in [3.63, 3.8) is 0 Å². The van der Waals surface area contributed by atoms with E-state index >= 15 is 0 Å². The molecular formula is C51H49N10O15S4-. The van der Waals surface area contributed by atoms with Crippen LogP contribution in [0.15, 0.2) is 152 Å². The van der Waals surface area contributed by atoms with Crippen molar-refractivity contribution < 1.29 is 70.5 Å². The van der Waals surface area contributed by atoms with E-state index in [4.69, 9.17) is 19.6 Å². The van der Waals surface area contributed by atoms with Gasteiger partial charge in [0.2, 0.25) is 5.88 Å². The second-order valence-electron chi connectivity index (χ2n) is 17.5. The molecule has 80 heavy (non-hydrogen) atoms. The third-order valence-corrected chi connectivity index (χ3v) is 19.5. The Bertz CT molecular complexity index is 3810. The molecule has 0 unspecified atom stereocenters. The standard InChI is InChI=1S/C23H20N6O5S2.C16H15N3O5S.C12H13NO5S.H/c1-33-19-10-9-17-22(27-19)35-23(26-17)28-21(30)20(29-34-13-18-24-11-2-12-25-18)14-3-5-15(6-4-14)36(31,32)16-7-8-16;20-16(21)15(19-24-10-14-17-8-1-9-18-14)11-2-4-12(5-3-11)25(22,23)13-6-7-13;1-18-12(14)11(13-15)8-2-4-9(5-3-8)19(16,17)10-6-7-10;/h2-6,9-12,16H,7-8,13H2,1H3,(H,26,28,30);1-5,8-9,13H,6-7,10H2,(H,20,21);2-5,10,15H,6-7H2,1H3;/q;;;-1/b29-20+;19-15+;13-11+;/i;;;1+1. The van der Waals surface area contributed by atoms with Crippen molar-refractivity contribution in [1.29, 1.82) is 0 Å². The number of carbonyl (C=O) groups excluding carboxylic acids is 2. The van der Waals surface area contributed by atoms with E-state index in [0.717, 1.165) is 0 Å². The molecule has 7 aromatic rings. The van der Waals surface area contributed by atoms with E-state index in [1.807, 2.05) is 0 Å². The lowest BCUT2D eigenvalue weighted by molar-refractivity contribution is -0.133. The van der Waals surface area contributed by atoms with Gasteiger partial charge in [0.25, 0.3) is 5.91 Å². The second kappa shape index (κ2) is 25.4. The maximum Gasteiger partial charge on any atom is 0.360 e. The van der Waals surface area contributed by atoms with Gasteiger partial charge in [0.1, 0.15) is 10.3 Å². The average Bonchev–Trinajstić information content (AvgIpc) is 4.32. The van der Waals surface area contributed by atoms with Crippen molar-refractivity contribution in [2.24, 2.45) is 15.5 Å². The summed E-state index contributed by atoms with van der Waals surface area (Å²) in [7, 11) is -7.26. The van der Waals surface area contributed by atoms with E-state index in [1.165, 1.54) is 111 Å². The van der Waals surface area contributed by atoms with Gasteiger partial charge in [-0.15, -0.1) is 0 Å². The van der Waals surface area contributed by atoms with E-state index in [9.17, 15) is 44.7 Å². The van der Waals surface area contributed by atoms with Crippen LogP contribution in [-0.4, -0.2) is 130 Å². The van der Waals surface area contributed by atoms with Crippen LogP contribution in [0, 0.1) is 0 Å². The Morgan fingerprint density at radius 2 is 1.01 bits per heavy atom. The number of nitrogens with zero attached hydrogens (tertiary/aromatic N) is 9. The zero-order valence-corrected chi connectivity index (χ0v) is 45.6. The molecule has 3 aromatic carbocycles. The van der Waals surface area contributed by atoms with Crippen molar-refractivity contribution in [2.45, 2.75) is 82.2 Å². The monoisotopic (exact) mass is 1170 g/mol. The summed E-state index contributed by atoms with van der Waals surface area (Å²) in [5.74, 6) is -1.48. The molecule has 0 bridgehead atoms. The van der Waals surface area contributed by atoms with Crippen LogP contribution in [0.1, 0.15) is 68.3 Å². The molecule has 418 valence electrons. The number of oxime groups is 3. The molecule has 1 amide bonds. The smallest absolute Gasteiger partial charge is 0.360 e. The molecule has 3 N–H and O–H groups in total. The van der Waals surface area contributed by atoms with Gasteiger partial charge in [-0.3, -0.25) is 10.1 Å². The summed E-state index contributed by atoms with van der Waals surface area (Å²) in [6.07, 6.45) is 10.2. The molecule has 0 saturated heterocycles.